The van der Waals surface area contributed by atoms with Gasteiger partial charge in [-0.3, -0.25) is 29.6 Å². The molecule has 3 aromatic rings. The second kappa shape index (κ2) is 14.0. The molecule has 1 atom stereocenters. The topological polar surface area (TPSA) is 108 Å². The van der Waals surface area contributed by atoms with Crippen molar-refractivity contribution in [2.45, 2.75) is 83.5 Å². The van der Waals surface area contributed by atoms with Crippen LogP contribution in [-0.4, -0.2) is 76.3 Å². The number of carbonyl (C=O) groups excluding carboxylic acids is 3. The number of imide groups is 1. The summed E-state index contributed by atoms with van der Waals surface area (Å²) in [4.78, 5) is 51.5. The van der Waals surface area contributed by atoms with Crippen molar-refractivity contribution in [3.63, 3.8) is 0 Å². The van der Waals surface area contributed by atoms with Gasteiger partial charge in [0.25, 0.3) is 0 Å². The van der Waals surface area contributed by atoms with Crippen molar-refractivity contribution in [3.8, 4) is 5.88 Å². The third-order valence-corrected chi connectivity index (χ3v) is 9.54. The van der Waals surface area contributed by atoms with E-state index in [1.165, 1.54) is 21.7 Å². The predicted octanol–water partition coefficient (Wildman–Crippen LogP) is 4.32. The number of rotatable bonds is 11. The van der Waals surface area contributed by atoms with E-state index in [1.54, 1.807) is 0 Å². The molecule has 0 saturated carbocycles. The first kappa shape index (κ1) is 31.7. The molecule has 3 saturated heterocycles. The van der Waals surface area contributed by atoms with Crippen LogP contribution in [0.4, 0.5) is 5.69 Å². The standard InChI is InChI=1S/C36H44N6O4/c1-24(2)27-7-13-35(37-18-27)46-30-14-16-41(17-15-30)29-8-5-26(6-9-29)19-40-20-28(21-40)31-10-4-25(3)32(38-31)22-42(23-43)33-11-12-34(44)39-36(33)45/h4-10,13,18,23-24,28,30,33H,11-12,14-17,19-22H2,1-3H3,(H,39,44,45). The van der Waals surface area contributed by atoms with Gasteiger partial charge < -0.3 is 14.5 Å². The van der Waals surface area contributed by atoms with Crippen molar-refractivity contribution in [1.82, 2.24) is 25.1 Å². The second-order valence-electron chi connectivity index (χ2n) is 13.2. The van der Waals surface area contributed by atoms with Crippen molar-refractivity contribution in [2.75, 3.05) is 31.1 Å². The van der Waals surface area contributed by atoms with Crippen molar-refractivity contribution < 1.29 is 19.1 Å². The Morgan fingerprint density at radius 2 is 1.78 bits per heavy atom. The first-order chi connectivity index (χ1) is 22.2. The quantitative estimate of drug-likeness (QED) is 0.248. The molecule has 0 spiro atoms. The molecule has 3 aliphatic heterocycles. The highest BCUT2D eigenvalue weighted by Gasteiger charge is 2.33. The molecule has 3 amide bonds. The van der Waals surface area contributed by atoms with E-state index in [0.717, 1.165) is 62.5 Å². The first-order valence-corrected chi connectivity index (χ1v) is 16.5. The van der Waals surface area contributed by atoms with Gasteiger partial charge in [-0.1, -0.05) is 38.1 Å². The molecule has 1 unspecified atom stereocenters. The Balaban J connectivity index is 0.964. The summed E-state index contributed by atoms with van der Waals surface area (Å²) in [5.74, 6) is 0.792. The fraction of sp³-hybridized carbons (Fsp3) is 0.472. The van der Waals surface area contributed by atoms with E-state index in [9.17, 15) is 14.4 Å². The van der Waals surface area contributed by atoms with Crippen molar-refractivity contribution in [2.24, 2.45) is 0 Å². The number of hydrogen-bond donors (Lipinski definition) is 1. The minimum absolute atomic E-state index is 0.195. The number of amides is 3. The van der Waals surface area contributed by atoms with Crippen LogP contribution in [0.1, 0.15) is 79.4 Å². The van der Waals surface area contributed by atoms with E-state index in [4.69, 9.17) is 9.72 Å². The molecule has 3 aliphatic rings. The molecule has 2 aromatic heterocycles. The highest BCUT2D eigenvalue weighted by molar-refractivity contribution is 6.00. The minimum Gasteiger partial charge on any atom is -0.474 e. The van der Waals surface area contributed by atoms with Crippen molar-refractivity contribution >= 4 is 23.9 Å². The van der Waals surface area contributed by atoms with Crippen LogP contribution in [0.15, 0.2) is 54.7 Å². The number of piperidine rings is 2. The normalized spacial score (nSPS) is 19.6. The number of nitrogens with one attached hydrogen (secondary N) is 1. The summed E-state index contributed by atoms with van der Waals surface area (Å²) in [5, 5.41) is 2.34. The number of aryl methyl sites for hydroxylation is 1. The molecule has 3 fully saturated rings. The summed E-state index contributed by atoms with van der Waals surface area (Å²) < 4.78 is 6.17. The Hall–Kier alpha value is -4.31. The Bertz CT molecular complexity index is 1530. The summed E-state index contributed by atoms with van der Waals surface area (Å²) in [6.45, 7) is 11.2. The molecule has 5 heterocycles. The molecule has 0 radical (unpaired) electrons. The summed E-state index contributed by atoms with van der Waals surface area (Å²) in [5.41, 5.74) is 6.55. The van der Waals surface area contributed by atoms with E-state index in [0.29, 0.717) is 30.5 Å². The largest absolute Gasteiger partial charge is 0.474 e. The van der Waals surface area contributed by atoms with Gasteiger partial charge in [-0.2, -0.15) is 0 Å². The molecule has 6 rings (SSSR count). The van der Waals surface area contributed by atoms with Crippen LogP contribution < -0.4 is 15.0 Å². The van der Waals surface area contributed by atoms with Gasteiger partial charge in [0, 0.05) is 81.5 Å². The van der Waals surface area contributed by atoms with Gasteiger partial charge in [0.15, 0.2) is 0 Å². The summed E-state index contributed by atoms with van der Waals surface area (Å²) in [7, 11) is 0. The van der Waals surface area contributed by atoms with E-state index < -0.39 is 11.9 Å². The van der Waals surface area contributed by atoms with Crippen LogP contribution in [0.2, 0.25) is 0 Å². The molecule has 1 aromatic carbocycles. The van der Waals surface area contributed by atoms with Gasteiger partial charge in [0.05, 0.1) is 12.2 Å². The third kappa shape index (κ3) is 7.39. The molecule has 10 heteroatoms. The molecule has 10 nitrogen and oxygen atoms in total. The lowest BCUT2D eigenvalue weighted by Gasteiger charge is -2.39. The molecular formula is C36H44N6O4. The van der Waals surface area contributed by atoms with Crippen LogP contribution >= 0.6 is 0 Å². The Labute approximate surface area is 271 Å². The zero-order valence-electron chi connectivity index (χ0n) is 27.0. The van der Waals surface area contributed by atoms with Crippen LogP contribution in [0.5, 0.6) is 5.88 Å². The lowest BCUT2D eigenvalue weighted by Crippen LogP contribution is -2.52. The van der Waals surface area contributed by atoms with Crippen molar-refractivity contribution in [1.29, 1.82) is 0 Å². The molecule has 242 valence electrons. The monoisotopic (exact) mass is 624 g/mol. The van der Waals surface area contributed by atoms with E-state index in [1.807, 2.05) is 25.3 Å². The summed E-state index contributed by atoms with van der Waals surface area (Å²) >= 11 is 0. The lowest BCUT2D eigenvalue weighted by atomic mass is 9.94. The number of pyridine rings is 2. The van der Waals surface area contributed by atoms with Crippen LogP contribution in [0.3, 0.4) is 0 Å². The first-order valence-electron chi connectivity index (χ1n) is 16.5. The highest BCUT2D eigenvalue weighted by Crippen LogP contribution is 2.30. The van der Waals surface area contributed by atoms with E-state index in [2.05, 4.69) is 70.3 Å². The molecule has 46 heavy (non-hydrogen) atoms. The molecule has 1 N–H and O–H groups in total. The maximum Gasteiger partial charge on any atom is 0.249 e. The zero-order chi connectivity index (χ0) is 32.2. The fourth-order valence-electron chi connectivity index (χ4n) is 6.53. The Morgan fingerprint density at radius 3 is 2.43 bits per heavy atom. The average Bonchev–Trinajstić information content (AvgIpc) is 3.04. The number of hydrogen-bond acceptors (Lipinski definition) is 8. The van der Waals surface area contributed by atoms with Gasteiger partial charge in [0.2, 0.25) is 24.1 Å². The van der Waals surface area contributed by atoms with Gasteiger partial charge in [-0.25, -0.2) is 4.98 Å². The van der Waals surface area contributed by atoms with Crippen LogP contribution in [0, 0.1) is 6.92 Å². The average molecular weight is 625 g/mol. The lowest BCUT2D eigenvalue weighted by molar-refractivity contribution is -0.141. The predicted molar refractivity (Wildman–Crippen MR) is 175 cm³/mol. The second-order valence-corrected chi connectivity index (χ2v) is 13.2. The van der Waals surface area contributed by atoms with Gasteiger partial charge in [-0.15, -0.1) is 0 Å². The number of nitrogens with zero attached hydrogens (tertiary/aromatic N) is 5. The smallest absolute Gasteiger partial charge is 0.249 e. The third-order valence-electron chi connectivity index (χ3n) is 9.54. The minimum atomic E-state index is -0.651. The number of ether oxygens (including phenoxy) is 1. The number of carbonyl (C=O) groups is 3. The number of benzene rings is 1. The Kier molecular flexibility index (Phi) is 9.63. The number of likely N-dealkylation sites (tertiary alicyclic amines) is 1. The zero-order valence-corrected chi connectivity index (χ0v) is 27.0. The van der Waals surface area contributed by atoms with Gasteiger partial charge in [-0.05, 0) is 54.2 Å². The van der Waals surface area contributed by atoms with Crippen molar-refractivity contribution in [3.05, 3.63) is 82.8 Å². The number of anilines is 1. The van der Waals surface area contributed by atoms with Gasteiger partial charge >= 0.3 is 0 Å². The molecule has 0 aliphatic carbocycles. The summed E-state index contributed by atoms with van der Waals surface area (Å²) in [6, 6.07) is 16.5. The SMILES string of the molecule is Cc1ccc(C2CN(Cc3ccc(N4CCC(Oc5ccc(C(C)C)cn5)CC4)cc3)C2)nc1CN(C=O)C1CCC(=O)NC1=O. The van der Waals surface area contributed by atoms with Crippen LogP contribution in [0.25, 0.3) is 0 Å². The maximum atomic E-state index is 12.3. The van der Waals surface area contributed by atoms with Crippen LogP contribution in [-0.2, 0) is 27.5 Å². The highest BCUT2D eigenvalue weighted by atomic mass is 16.5. The molecule has 0 bridgehead atoms. The summed E-state index contributed by atoms with van der Waals surface area (Å²) in [6.07, 6.45) is 5.32. The van der Waals surface area contributed by atoms with Gasteiger partial charge in [0.1, 0.15) is 12.1 Å². The maximum absolute atomic E-state index is 12.3. The van der Waals surface area contributed by atoms with E-state index >= 15 is 0 Å². The Morgan fingerprint density at radius 1 is 1.02 bits per heavy atom. The molecular weight excluding hydrogens is 580 g/mol. The fourth-order valence-corrected chi connectivity index (χ4v) is 6.53. The number of aromatic nitrogens is 2. The van der Waals surface area contributed by atoms with E-state index in [-0.39, 0.29) is 25.0 Å².